The minimum absolute atomic E-state index is 0.143. The fourth-order valence-corrected chi connectivity index (χ4v) is 3.71. The second kappa shape index (κ2) is 6.30. The van der Waals surface area contributed by atoms with Gasteiger partial charge in [-0.25, -0.2) is 9.97 Å². The topological polar surface area (TPSA) is 41.5 Å². The molecule has 5 nitrogen and oxygen atoms in total. The molecule has 4 rings (SSSR count). The largest absolute Gasteiger partial charge is 0.372 e. The minimum Gasteiger partial charge on any atom is -0.372 e. The first-order valence-electron chi connectivity index (χ1n) is 8.96. The molecule has 1 aromatic carbocycles. The van der Waals surface area contributed by atoms with Crippen molar-refractivity contribution in [3.05, 3.63) is 30.0 Å². The molecule has 1 aromatic heterocycles. The van der Waals surface area contributed by atoms with E-state index in [9.17, 15) is 0 Å². The summed E-state index contributed by atoms with van der Waals surface area (Å²) in [6, 6.07) is 6.58. The van der Waals surface area contributed by atoms with Crippen LogP contribution >= 0.6 is 0 Å². The van der Waals surface area contributed by atoms with Crippen molar-refractivity contribution in [1.82, 2.24) is 14.9 Å². The van der Waals surface area contributed by atoms with Gasteiger partial charge >= 0.3 is 0 Å². The highest BCUT2D eigenvalue weighted by Gasteiger charge is 2.28. The molecular formula is C19H26N4O. The summed E-state index contributed by atoms with van der Waals surface area (Å²) < 4.78 is 5.78. The minimum atomic E-state index is -0.143. The Balaban J connectivity index is 1.55. The number of nitrogens with zero attached hydrogens (tertiary/aromatic N) is 4. The molecule has 0 aliphatic carbocycles. The summed E-state index contributed by atoms with van der Waals surface area (Å²) in [5.74, 6) is 0.811. The van der Waals surface area contributed by atoms with Crippen molar-refractivity contribution in [2.75, 3.05) is 37.7 Å². The van der Waals surface area contributed by atoms with Crippen LogP contribution in [0.25, 0.3) is 10.9 Å². The number of morpholine rings is 1. The molecule has 2 aliphatic rings. The number of hydrogen-bond donors (Lipinski definition) is 0. The SMILES string of the molecule is CC1(C)CN(c2ncc3cc(CN4CCCC4)ccc3n2)CCO1. The standard InChI is InChI=1S/C19H26N4O/c1-19(2)14-23(9-10-24-19)18-20-12-16-11-15(5-6-17(16)21-18)13-22-7-3-4-8-22/h5-6,11-12H,3-4,7-10,13-14H2,1-2H3. The van der Waals surface area contributed by atoms with Gasteiger partial charge in [0.25, 0.3) is 0 Å². The Bertz CT molecular complexity index is 724. The van der Waals surface area contributed by atoms with E-state index in [0.717, 1.165) is 43.1 Å². The first-order chi connectivity index (χ1) is 11.6. The van der Waals surface area contributed by atoms with Gasteiger partial charge in [0.05, 0.1) is 17.7 Å². The van der Waals surface area contributed by atoms with E-state index < -0.39 is 0 Å². The molecule has 5 heteroatoms. The lowest BCUT2D eigenvalue weighted by Crippen LogP contribution is -2.48. The third kappa shape index (κ3) is 3.37. The number of likely N-dealkylation sites (tertiary alicyclic amines) is 1. The molecule has 0 saturated carbocycles. The quantitative estimate of drug-likeness (QED) is 0.867. The Hall–Kier alpha value is -1.72. The summed E-state index contributed by atoms with van der Waals surface area (Å²) in [7, 11) is 0. The molecule has 0 N–H and O–H groups in total. The summed E-state index contributed by atoms with van der Waals surface area (Å²) in [6.45, 7) is 10.1. The smallest absolute Gasteiger partial charge is 0.226 e. The maximum absolute atomic E-state index is 5.78. The van der Waals surface area contributed by atoms with E-state index in [1.54, 1.807) is 0 Å². The molecule has 0 radical (unpaired) electrons. The van der Waals surface area contributed by atoms with Crippen molar-refractivity contribution in [3.8, 4) is 0 Å². The van der Waals surface area contributed by atoms with Crippen molar-refractivity contribution in [2.45, 2.75) is 38.8 Å². The van der Waals surface area contributed by atoms with E-state index in [0.29, 0.717) is 0 Å². The zero-order valence-electron chi connectivity index (χ0n) is 14.7. The molecule has 2 aliphatic heterocycles. The first-order valence-corrected chi connectivity index (χ1v) is 8.96. The van der Waals surface area contributed by atoms with Crippen molar-refractivity contribution in [1.29, 1.82) is 0 Å². The highest BCUT2D eigenvalue weighted by atomic mass is 16.5. The number of aromatic nitrogens is 2. The maximum atomic E-state index is 5.78. The number of ether oxygens (including phenoxy) is 1. The van der Waals surface area contributed by atoms with Crippen LogP contribution in [0.3, 0.4) is 0 Å². The van der Waals surface area contributed by atoms with E-state index in [2.05, 4.69) is 46.8 Å². The van der Waals surface area contributed by atoms with Crippen LogP contribution in [-0.2, 0) is 11.3 Å². The van der Waals surface area contributed by atoms with Gasteiger partial charge in [-0.2, -0.15) is 0 Å². The van der Waals surface area contributed by atoms with Crippen LogP contribution in [0.4, 0.5) is 5.95 Å². The van der Waals surface area contributed by atoms with Crippen LogP contribution in [0.5, 0.6) is 0 Å². The van der Waals surface area contributed by atoms with Gasteiger partial charge in [0.15, 0.2) is 0 Å². The van der Waals surface area contributed by atoms with Crippen molar-refractivity contribution < 1.29 is 4.74 Å². The molecule has 0 atom stereocenters. The van der Waals surface area contributed by atoms with Gasteiger partial charge in [0.1, 0.15) is 0 Å². The van der Waals surface area contributed by atoms with Gasteiger partial charge in [0.2, 0.25) is 5.95 Å². The lowest BCUT2D eigenvalue weighted by molar-refractivity contribution is -0.0281. The Labute approximate surface area is 143 Å². The molecule has 2 aromatic rings. The fraction of sp³-hybridized carbons (Fsp3) is 0.579. The normalized spacial score (nSPS) is 21.5. The number of hydrogen-bond acceptors (Lipinski definition) is 5. The van der Waals surface area contributed by atoms with E-state index in [1.165, 1.54) is 31.5 Å². The van der Waals surface area contributed by atoms with E-state index >= 15 is 0 Å². The Morgan fingerprint density at radius 2 is 2.00 bits per heavy atom. The molecule has 2 fully saturated rings. The van der Waals surface area contributed by atoms with Crippen LogP contribution in [-0.4, -0.2) is 53.3 Å². The third-order valence-electron chi connectivity index (χ3n) is 4.94. The molecule has 0 amide bonds. The number of benzene rings is 1. The summed E-state index contributed by atoms with van der Waals surface area (Å²) >= 11 is 0. The number of fused-ring (bicyclic) bond motifs is 1. The summed E-state index contributed by atoms with van der Waals surface area (Å²) in [6.07, 6.45) is 4.62. The predicted octanol–water partition coefficient (Wildman–Crippen LogP) is 2.84. The molecule has 0 bridgehead atoms. The molecule has 3 heterocycles. The highest BCUT2D eigenvalue weighted by molar-refractivity contribution is 5.79. The van der Waals surface area contributed by atoms with Gasteiger partial charge < -0.3 is 9.64 Å². The summed E-state index contributed by atoms with van der Waals surface area (Å²) in [4.78, 5) is 14.1. The fourth-order valence-electron chi connectivity index (χ4n) is 3.71. The second-order valence-electron chi connectivity index (χ2n) is 7.58. The van der Waals surface area contributed by atoms with E-state index in [1.807, 2.05) is 6.20 Å². The number of rotatable bonds is 3. The van der Waals surface area contributed by atoms with Gasteiger partial charge in [0, 0.05) is 31.2 Å². The van der Waals surface area contributed by atoms with Crippen LogP contribution in [0.15, 0.2) is 24.4 Å². The molecule has 128 valence electrons. The van der Waals surface area contributed by atoms with Crippen LogP contribution < -0.4 is 4.90 Å². The average molecular weight is 326 g/mol. The molecule has 0 spiro atoms. The van der Waals surface area contributed by atoms with Crippen LogP contribution in [0.2, 0.25) is 0 Å². The third-order valence-corrected chi connectivity index (χ3v) is 4.94. The zero-order valence-corrected chi connectivity index (χ0v) is 14.7. The van der Waals surface area contributed by atoms with Crippen molar-refractivity contribution >= 4 is 16.9 Å². The molecule has 0 unspecified atom stereocenters. The van der Waals surface area contributed by atoms with E-state index in [4.69, 9.17) is 9.72 Å². The van der Waals surface area contributed by atoms with Gasteiger partial charge in [-0.05, 0) is 57.5 Å². The average Bonchev–Trinajstić information content (AvgIpc) is 3.06. The molecule has 24 heavy (non-hydrogen) atoms. The van der Waals surface area contributed by atoms with E-state index in [-0.39, 0.29) is 5.60 Å². The van der Waals surface area contributed by atoms with Crippen molar-refractivity contribution in [3.63, 3.8) is 0 Å². The summed E-state index contributed by atoms with van der Waals surface area (Å²) in [5, 5.41) is 1.13. The Kier molecular flexibility index (Phi) is 4.14. The first kappa shape index (κ1) is 15.8. The molecule has 2 saturated heterocycles. The van der Waals surface area contributed by atoms with Crippen LogP contribution in [0, 0.1) is 0 Å². The van der Waals surface area contributed by atoms with Gasteiger partial charge in [-0.3, -0.25) is 4.90 Å². The second-order valence-corrected chi connectivity index (χ2v) is 7.58. The zero-order chi connectivity index (χ0) is 16.6. The monoisotopic (exact) mass is 326 g/mol. The highest BCUT2D eigenvalue weighted by Crippen LogP contribution is 2.23. The summed E-state index contributed by atoms with van der Waals surface area (Å²) in [5.41, 5.74) is 2.23. The van der Waals surface area contributed by atoms with Crippen LogP contribution in [0.1, 0.15) is 32.3 Å². The Morgan fingerprint density at radius 1 is 1.17 bits per heavy atom. The number of anilines is 1. The predicted molar refractivity (Wildman–Crippen MR) is 96.3 cm³/mol. The lowest BCUT2D eigenvalue weighted by Gasteiger charge is -2.38. The maximum Gasteiger partial charge on any atom is 0.226 e. The lowest BCUT2D eigenvalue weighted by atomic mass is 10.1. The van der Waals surface area contributed by atoms with Crippen molar-refractivity contribution in [2.24, 2.45) is 0 Å². The molecular weight excluding hydrogens is 300 g/mol. The van der Waals surface area contributed by atoms with Gasteiger partial charge in [-0.1, -0.05) is 6.07 Å². The Morgan fingerprint density at radius 3 is 2.79 bits per heavy atom. The van der Waals surface area contributed by atoms with Gasteiger partial charge in [-0.15, -0.1) is 0 Å².